The minimum Gasteiger partial charge on any atom is -0.491 e. The zero-order valence-corrected chi connectivity index (χ0v) is 9.09. The number of benzene rings is 1. The molecular formula is C13H14O2. The summed E-state index contributed by atoms with van der Waals surface area (Å²) in [6.07, 6.45) is 0. The van der Waals surface area contributed by atoms with Gasteiger partial charge in [-0.2, -0.15) is 0 Å². The van der Waals surface area contributed by atoms with Gasteiger partial charge >= 0.3 is 0 Å². The highest BCUT2D eigenvalue weighted by Gasteiger charge is 2.36. The van der Waals surface area contributed by atoms with Crippen molar-refractivity contribution in [1.82, 2.24) is 0 Å². The number of hydrogen-bond donors (Lipinski definition) is 0. The van der Waals surface area contributed by atoms with Crippen LogP contribution in [0.3, 0.4) is 0 Å². The lowest BCUT2D eigenvalue weighted by molar-refractivity contribution is 0.0780. The van der Waals surface area contributed by atoms with Crippen molar-refractivity contribution in [1.29, 1.82) is 0 Å². The van der Waals surface area contributed by atoms with Gasteiger partial charge in [0, 0.05) is 0 Å². The topological polar surface area (TPSA) is 26.3 Å². The van der Waals surface area contributed by atoms with Gasteiger partial charge in [-0.25, -0.2) is 0 Å². The van der Waals surface area contributed by atoms with Crippen LogP contribution in [0.15, 0.2) is 12.1 Å². The summed E-state index contributed by atoms with van der Waals surface area (Å²) < 4.78 is 5.55. The molecule has 0 saturated heterocycles. The molecule has 0 saturated carbocycles. The Morgan fingerprint density at radius 3 is 2.67 bits per heavy atom. The van der Waals surface area contributed by atoms with Gasteiger partial charge in [0.1, 0.15) is 12.4 Å². The lowest BCUT2D eigenvalue weighted by Crippen LogP contribution is -2.36. The summed E-state index contributed by atoms with van der Waals surface area (Å²) in [5.41, 5.74) is 1.77. The van der Waals surface area contributed by atoms with Crippen LogP contribution in [0.5, 0.6) is 5.75 Å². The van der Waals surface area contributed by atoms with Crippen molar-refractivity contribution in [3.8, 4) is 5.75 Å². The fraction of sp³-hybridized carbons (Fsp3) is 0.308. The molecule has 1 heterocycles. The summed E-state index contributed by atoms with van der Waals surface area (Å²) in [6, 6.07) is 3.85. The molecule has 0 spiro atoms. The zero-order valence-electron chi connectivity index (χ0n) is 9.09. The molecule has 1 aliphatic rings. The molecule has 1 aromatic rings. The first-order chi connectivity index (χ1) is 6.92. The molecule has 0 unspecified atom stereocenters. The second-order valence-corrected chi connectivity index (χ2v) is 4.36. The number of hydrogen-bond acceptors (Lipinski definition) is 2. The predicted molar refractivity (Wildman–Crippen MR) is 58.9 cm³/mol. The molecule has 1 aliphatic heterocycles. The van der Waals surface area contributed by atoms with E-state index in [1.807, 2.05) is 26.0 Å². The van der Waals surface area contributed by atoms with Crippen molar-refractivity contribution < 1.29 is 9.53 Å². The number of ketones is 1. The minimum atomic E-state index is -0.896. The molecule has 1 aromatic carbocycles. The molecule has 2 radical (unpaired) electrons. The van der Waals surface area contributed by atoms with Crippen molar-refractivity contribution in [3.05, 3.63) is 42.7 Å². The second kappa shape index (κ2) is 3.09. The SMILES string of the molecule is [CH2]C1([CH2])COc2c(C)cc(C)cc2C1=O. The maximum Gasteiger partial charge on any atom is 0.176 e. The third-order valence-corrected chi connectivity index (χ3v) is 2.64. The van der Waals surface area contributed by atoms with Crippen LogP contribution in [0, 0.1) is 33.1 Å². The Bertz CT molecular complexity index is 430. The molecule has 0 amide bonds. The van der Waals surface area contributed by atoms with Gasteiger partial charge in [-0.15, -0.1) is 0 Å². The van der Waals surface area contributed by atoms with E-state index >= 15 is 0 Å². The molecule has 2 nitrogen and oxygen atoms in total. The van der Waals surface area contributed by atoms with Gasteiger partial charge in [0.05, 0.1) is 11.0 Å². The normalized spacial score (nSPS) is 18.3. The zero-order chi connectivity index (χ0) is 11.2. The fourth-order valence-corrected chi connectivity index (χ4v) is 1.88. The average molecular weight is 202 g/mol. The maximum absolute atomic E-state index is 12.0. The number of ether oxygens (including phenoxy) is 1. The average Bonchev–Trinajstić information content (AvgIpc) is 2.12. The number of Topliss-reactive ketones (excluding diaryl/α,β-unsaturated/α-hetero) is 1. The van der Waals surface area contributed by atoms with Gasteiger partial charge in [-0.05, 0) is 44.9 Å². The Hall–Kier alpha value is -1.31. The first-order valence-electron chi connectivity index (χ1n) is 4.91. The molecular weight excluding hydrogens is 188 g/mol. The summed E-state index contributed by atoms with van der Waals surface area (Å²) in [7, 11) is 0. The van der Waals surface area contributed by atoms with E-state index in [-0.39, 0.29) is 12.4 Å². The van der Waals surface area contributed by atoms with E-state index in [2.05, 4.69) is 13.8 Å². The Morgan fingerprint density at radius 1 is 1.33 bits per heavy atom. The third-order valence-electron chi connectivity index (χ3n) is 2.64. The standard InChI is InChI=1S/C13H14O2/c1-8-5-9(2)11-10(6-8)12(14)13(3,4)7-15-11/h5-6H,3-4,7H2,1-2H3. The van der Waals surface area contributed by atoms with Crippen LogP contribution in [-0.2, 0) is 0 Å². The lowest BCUT2D eigenvalue weighted by Gasteiger charge is -2.30. The quantitative estimate of drug-likeness (QED) is 0.646. The van der Waals surface area contributed by atoms with Gasteiger partial charge in [-0.3, -0.25) is 4.79 Å². The molecule has 0 bridgehead atoms. The van der Waals surface area contributed by atoms with Crippen molar-refractivity contribution in [2.45, 2.75) is 13.8 Å². The van der Waals surface area contributed by atoms with Crippen LogP contribution in [0.25, 0.3) is 0 Å². The highest BCUT2D eigenvalue weighted by Crippen LogP contribution is 2.36. The number of carbonyl (C=O) groups is 1. The molecule has 0 aliphatic carbocycles. The number of carbonyl (C=O) groups excluding carboxylic acids is 1. The number of fused-ring (bicyclic) bond motifs is 1. The summed E-state index contributed by atoms with van der Waals surface area (Å²) >= 11 is 0. The van der Waals surface area contributed by atoms with Crippen molar-refractivity contribution in [2.75, 3.05) is 6.61 Å². The second-order valence-electron chi connectivity index (χ2n) is 4.36. The van der Waals surface area contributed by atoms with E-state index in [0.29, 0.717) is 11.3 Å². The van der Waals surface area contributed by atoms with Crippen LogP contribution in [-0.4, -0.2) is 12.4 Å². The molecule has 15 heavy (non-hydrogen) atoms. The molecule has 78 valence electrons. The van der Waals surface area contributed by atoms with Gasteiger partial charge in [0.15, 0.2) is 5.78 Å². The highest BCUT2D eigenvalue weighted by atomic mass is 16.5. The summed E-state index contributed by atoms with van der Waals surface area (Å²) in [5.74, 6) is 0.657. The van der Waals surface area contributed by atoms with E-state index in [0.717, 1.165) is 11.1 Å². The lowest BCUT2D eigenvalue weighted by atomic mass is 9.82. The van der Waals surface area contributed by atoms with E-state index in [1.54, 1.807) is 0 Å². The van der Waals surface area contributed by atoms with Gasteiger partial charge < -0.3 is 4.74 Å². The third kappa shape index (κ3) is 1.54. The monoisotopic (exact) mass is 202 g/mol. The smallest absolute Gasteiger partial charge is 0.176 e. The first kappa shape index (κ1) is 10.2. The van der Waals surface area contributed by atoms with Gasteiger partial charge in [-0.1, -0.05) is 6.07 Å². The largest absolute Gasteiger partial charge is 0.491 e. The predicted octanol–water partition coefficient (Wildman–Crippen LogP) is 2.53. The Kier molecular flexibility index (Phi) is 2.10. The molecule has 0 atom stereocenters. The summed E-state index contributed by atoms with van der Waals surface area (Å²) in [4.78, 5) is 12.0. The number of aryl methyl sites for hydroxylation is 2. The van der Waals surface area contributed by atoms with Crippen LogP contribution in [0.4, 0.5) is 0 Å². The van der Waals surface area contributed by atoms with Crippen molar-refractivity contribution in [2.24, 2.45) is 5.41 Å². The summed E-state index contributed by atoms with van der Waals surface area (Å²) in [6.45, 7) is 11.7. The summed E-state index contributed by atoms with van der Waals surface area (Å²) in [5, 5.41) is 0. The highest BCUT2D eigenvalue weighted by molar-refractivity contribution is 6.05. The Balaban J connectivity index is 2.62. The van der Waals surface area contributed by atoms with Crippen LogP contribution >= 0.6 is 0 Å². The Morgan fingerprint density at radius 2 is 2.00 bits per heavy atom. The minimum absolute atomic E-state index is 0.0319. The molecule has 2 heteroatoms. The van der Waals surface area contributed by atoms with Crippen molar-refractivity contribution >= 4 is 5.78 Å². The molecule has 2 rings (SSSR count). The molecule has 0 aromatic heterocycles. The van der Waals surface area contributed by atoms with Crippen LogP contribution < -0.4 is 4.74 Å². The number of rotatable bonds is 0. The molecule has 0 fully saturated rings. The van der Waals surface area contributed by atoms with E-state index in [1.165, 1.54) is 0 Å². The van der Waals surface area contributed by atoms with E-state index in [4.69, 9.17) is 4.74 Å². The van der Waals surface area contributed by atoms with Crippen LogP contribution in [0.1, 0.15) is 21.5 Å². The molecule has 0 N–H and O–H groups in total. The van der Waals surface area contributed by atoms with Crippen LogP contribution in [0.2, 0.25) is 0 Å². The Labute approximate surface area is 90.3 Å². The van der Waals surface area contributed by atoms with Gasteiger partial charge in [0.2, 0.25) is 0 Å². The van der Waals surface area contributed by atoms with Crippen molar-refractivity contribution in [3.63, 3.8) is 0 Å². The maximum atomic E-state index is 12.0. The van der Waals surface area contributed by atoms with Gasteiger partial charge in [0.25, 0.3) is 0 Å². The first-order valence-corrected chi connectivity index (χ1v) is 4.91. The fourth-order valence-electron chi connectivity index (χ4n) is 1.88. The van der Waals surface area contributed by atoms with E-state index in [9.17, 15) is 4.79 Å². The van der Waals surface area contributed by atoms with E-state index < -0.39 is 5.41 Å².